The molecule has 5 heteroatoms. The summed E-state index contributed by atoms with van der Waals surface area (Å²) in [4.78, 5) is 6.51. The molecule has 0 bridgehead atoms. The first kappa shape index (κ1) is 11.5. The molecule has 0 unspecified atom stereocenters. The minimum Gasteiger partial charge on any atom is -0.409 e. The molecule has 0 saturated heterocycles. The highest BCUT2D eigenvalue weighted by Crippen LogP contribution is 2.33. The molecule has 19 heavy (non-hydrogen) atoms. The molecule has 1 aliphatic rings. The largest absolute Gasteiger partial charge is 0.409 e. The average Bonchev–Trinajstić information content (AvgIpc) is 2.90. The van der Waals surface area contributed by atoms with Crippen molar-refractivity contribution in [3.63, 3.8) is 0 Å². The maximum absolute atomic E-state index is 8.73. The molecule has 0 spiro atoms. The monoisotopic (exact) mass is 254 g/mol. The lowest BCUT2D eigenvalue weighted by Crippen LogP contribution is -2.17. The van der Waals surface area contributed by atoms with Gasteiger partial charge in [0.25, 0.3) is 0 Å². The maximum Gasteiger partial charge on any atom is 0.170 e. The van der Waals surface area contributed by atoms with Crippen molar-refractivity contribution in [2.24, 2.45) is 10.9 Å². The Morgan fingerprint density at radius 1 is 1.32 bits per heavy atom. The van der Waals surface area contributed by atoms with Gasteiger partial charge in [0.1, 0.15) is 5.82 Å². The number of para-hydroxylation sites is 1. The summed E-state index contributed by atoms with van der Waals surface area (Å²) in [6.07, 6.45) is 2.68. The predicted molar refractivity (Wildman–Crippen MR) is 73.9 cm³/mol. The number of nitrogens with zero attached hydrogens (tertiary/aromatic N) is 3. The van der Waals surface area contributed by atoms with Gasteiger partial charge < -0.3 is 15.8 Å². The van der Waals surface area contributed by atoms with E-state index in [1.165, 1.54) is 11.3 Å². The third kappa shape index (κ3) is 1.99. The highest BCUT2D eigenvalue weighted by Gasteiger charge is 2.20. The molecular weight excluding hydrogens is 240 g/mol. The van der Waals surface area contributed by atoms with Gasteiger partial charge in [-0.15, -0.1) is 0 Å². The molecule has 0 aliphatic carbocycles. The van der Waals surface area contributed by atoms with Crippen LogP contribution in [0.2, 0.25) is 0 Å². The molecule has 1 aromatic heterocycles. The summed E-state index contributed by atoms with van der Waals surface area (Å²) in [5, 5.41) is 11.8. The molecule has 0 fully saturated rings. The van der Waals surface area contributed by atoms with E-state index in [1.807, 2.05) is 18.2 Å². The van der Waals surface area contributed by atoms with Crippen LogP contribution >= 0.6 is 0 Å². The van der Waals surface area contributed by atoms with Crippen molar-refractivity contribution in [3.8, 4) is 0 Å². The second kappa shape index (κ2) is 4.61. The SMILES string of the molecule is N/C(=N\O)c1ccnc(N2CCc3ccccc32)c1. The van der Waals surface area contributed by atoms with Gasteiger partial charge >= 0.3 is 0 Å². The van der Waals surface area contributed by atoms with Crippen LogP contribution in [0.15, 0.2) is 47.8 Å². The maximum atomic E-state index is 8.73. The van der Waals surface area contributed by atoms with Crippen molar-refractivity contribution >= 4 is 17.3 Å². The molecule has 3 N–H and O–H groups in total. The standard InChI is InChI=1S/C14H14N4O/c15-14(17-19)11-5-7-16-13(9-11)18-8-6-10-3-1-2-4-12(10)18/h1-5,7,9,19H,6,8H2,(H2,15,17). The number of oxime groups is 1. The Kier molecular flexibility index (Phi) is 2.79. The van der Waals surface area contributed by atoms with Gasteiger partial charge in [0.05, 0.1) is 0 Å². The first-order valence-corrected chi connectivity index (χ1v) is 6.09. The summed E-state index contributed by atoms with van der Waals surface area (Å²) in [5.41, 5.74) is 8.76. The fraction of sp³-hybridized carbons (Fsp3) is 0.143. The number of hydrogen-bond acceptors (Lipinski definition) is 4. The Morgan fingerprint density at radius 2 is 2.16 bits per heavy atom. The van der Waals surface area contributed by atoms with E-state index in [2.05, 4.69) is 27.2 Å². The number of aromatic nitrogens is 1. The minimum atomic E-state index is 0.0936. The molecule has 0 saturated carbocycles. The van der Waals surface area contributed by atoms with Gasteiger partial charge in [0.2, 0.25) is 0 Å². The van der Waals surface area contributed by atoms with Crippen LogP contribution in [-0.2, 0) is 6.42 Å². The van der Waals surface area contributed by atoms with E-state index in [0.717, 1.165) is 18.8 Å². The number of nitrogens with two attached hydrogens (primary N) is 1. The number of amidine groups is 1. The molecule has 5 nitrogen and oxygen atoms in total. The van der Waals surface area contributed by atoms with Gasteiger partial charge in [-0.2, -0.15) is 0 Å². The van der Waals surface area contributed by atoms with Crippen molar-refractivity contribution in [2.45, 2.75) is 6.42 Å². The number of fused-ring (bicyclic) bond motifs is 1. The Balaban J connectivity index is 2.00. The highest BCUT2D eigenvalue weighted by molar-refractivity contribution is 5.97. The third-order valence-corrected chi connectivity index (χ3v) is 3.31. The van der Waals surface area contributed by atoms with E-state index in [-0.39, 0.29) is 5.84 Å². The van der Waals surface area contributed by atoms with Crippen molar-refractivity contribution in [3.05, 3.63) is 53.7 Å². The quantitative estimate of drug-likeness (QED) is 0.371. The van der Waals surface area contributed by atoms with Crippen LogP contribution in [0.5, 0.6) is 0 Å². The number of rotatable bonds is 2. The van der Waals surface area contributed by atoms with E-state index in [1.54, 1.807) is 12.3 Å². The van der Waals surface area contributed by atoms with Crippen LogP contribution in [0.25, 0.3) is 0 Å². The average molecular weight is 254 g/mol. The second-order valence-corrected chi connectivity index (χ2v) is 4.42. The van der Waals surface area contributed by atoms with Gasteiger partial charge in [-0.1, -0.05) is 23.4 Å². The summed E-state index contributed by atoms with van der Waals surface area (Å²) < 4.78 is 0. The lowest BCUT2D eigenvalue weighted by atomic mass is 10.2. The highest BCUT2D eigenvalue weighted by atomic mass is 16.4. The Morgan fingerprint density at radius 3 is 3.00 bits per heavy atom. The minimum absolute atomic E-state index is 0.0936. The predicted octanol–water partition coefficient (Wildman–Crippen LogP) is 1.87. The fourth-order valence-electron chi connectivity index (χ4n) is 2.36. The van der Waals surface area contributed by atoms with E-state index < -0.39 is 0 Å². The van der Waals surface area contributed by atoms with Crippen LogP contribution in [0.1, 0.15) is 11.1 Å². The van der Waals surface area contributed by atoms with E-state index in [4.69, 9.17) is 10.9 Å². The molecule has 2 aromatic rings. The molecule has 1 aromatic carbocycles. The smallest absolute Gasteiger partial charge is 0.170 e. The molecule has 0 atom stereocenters. The van der Waals surface area contributed by atoms with Crippen LogP contribution in [-0.4, -0.2) is 22.6 Å². The zero-order valence-electron chi connectivity index (χ0n) is 10.3. The number of hydrogen-bond donors (Lipinski definition) is 2. The molecule has 0 amide bonds. The van der Waals surface area contributed by atoms with E-state index in [9.17, 15) is 0 Å². The van der Waals surface area contributed by atoms with E-state index >= 15 is 0 Å². The summed E-state index contributed by atoms with van der Waals surface area (Å²) in [6, 6.07) is 11.8. The lowest BCUT2D eigenvalue weighted by Gasteiger charge is -2.18. The van der Waals surface area contributed by atoms with Crippen molar-refractivity contribution in [2.75, 3.05) is 11.4 Å². The van der Waals surface area contributed by atoms with Crippen molar-refractivity contribution < 1.29 is 5.21 Å². The zero-order valence-corrected chi connectivity index (χ0v) is 10.3. The molecule has 2 heterocycles. The van der Waals surface area contributed by atoms with Gasteiger partial charge in [-0.05, 0) is 30.2 Å². The van der Waals surface area contributed by atoms with Crippen molar-refractivity contribution in [1.82, 2.24) is 4.98 Å². The van der Waals surface area contributed by atoms with Crippen LogP contribution in [0.3, 0.4) is 0 Å². The molecule has 1 aliphatic heterocycles. The number of pyridine rings is 1. The fourth-order valence-corrected chi connectivity index (χ4v) is 2.36. The normalized spacial score (nSPS) is 14.5. The molecule has 3 rings (SSSR count). The molecule has 0 radical (unpaired) electrons. The van der Waals surface area contributed by atoms with Gasteiger partial charge in [-0.25, -0.2) is 4.98 Å². The first-order chi connectivity index (χ1) is 9.29. The first-order valence-electron chi connectivity index (χ1n) is 6.09. The van der Waals surface area contributed by atoms with Crippen LogP contribution < -0.4 is 10.6 Å². The second-order valence-electron chi connectivity index (χ2n) is 4.42. The molecule has 96 valence electrons. The van der Waals surface area contributed by atoms with Gasteiger partial charge in [0.15, 0.2) is 5.84 Å². The van der Waals surface area contributed by atoms with Crippen LogP contribution in [0, 0.1) is 0 Å². The number of anilines is 2. The van der Waals surface area contributed by atoms with Crippen LogP contribution in [0.4, 0.5) is 11.5 Å². The lowest BCUT2D eigenvalue weighted by molar-refractivity contribution is 0.318. The van der Waals surface area contributed by atoms with Crippen molar-refractivity contribution in [1.29, 1.82) is 0 Å². The third-order valence-electron chi connectivity index (χ3n) is 3.31. The summed E-state index contributed by atoms with van der Waals surface area (Å²) in [6.45, 7) is 0.895. The zero-order chi connectivity index (χ0) is 13.2. The topological polar surface area (TPSA) is 74.7 Å². The van der Waals surface area contributed by atoms with Gasteiger partial charge in [-0.3, -0.25) is 0 Å². The summed E-state index contributed by atoms with van der Waals surface area (Å²) in [5.74, 6) is 0.908. The Bertz CT molecular complexity index is 639. The summed E-state index contributed by atoms with van der Waals surface area (Å²) in [7, 11) is 0. The number of benzene rings is 1. The molecular formula is C14H14N4O. The Hall–Kier alpha value is -2.56. The van der Waals surface area contributed by atoms with E-state index in [0.29, 0.717) is 5.56 Å². The Labute approximate surface area is 111 Å². The summed E-state index contributed by atoms with van der Waals surface area (Å²) >= 11 is 0. The van der Waals surface area contributed by atoms with Gasteiger partial charge in [0, 0.05) is 24.0 Å².